The van der Waals surface area contributed by atoms with E-state index in [0.717, 1.165) is 25.3 Å². The maximum Gasteiger partial charge on any atom is 0.120 e. The summed E-state index contributed by atoms with van der Waals surface area (Å²) in [5, 5.41) is 3.36. The van der Waals surface area contributed by atoms with Gasteiger partial charge in [0.1, 0.15) is 11.4 Å². The van der Waals surface area contributed by atoms with E-state index < -0.39 is 0 Å². The van der Waals surface area contributed by atoms with Gasteiger partial charge in [0.25, 0.3) is 0 Å². The molecule has 0 saturated carbocycles. The highest BCUT2D eigenvalue weighted by molar-refractivity contribution is 5.33. The highest BCUT2D eigenvalue weighted by Gasteiger charge is 2.23. The summed E-state index contributed by atoms with van der Waals surface area (Å²) in [4.78, 5) is 0. The molecule has 0 bridgehead atoms. The first-order valence-corrected chi connectivity index (χ1v) is 6.47. The molecule has 1 rings (SSSR count). The molecule has 0 aliphatic heterocycles. The van der Waals surface area contributed by atoms with Crippen molar-refractivity contribution in [2.45, 2.75) is 46.6 Å². The number of rotatable bonds is 6. The highest BCUT2D eigenvalue weighted by atomic mass is 16.5. The predicted octanol–water partition coefficient (Wildman–Crippen LogP) is 3.46. The van der Waals surface area contributed by atoms with Crippen LogP contribution in [0.2, 0.25) is 0 Å². The standard InChI is InChI=1S/C15H25NO/c1-6-15(5,11-16-7-2)17-14-9-12(3)8-13(4)10-14/h8-10,16H,6-7,11H2,1-5H3. The van der Waals surface area contributed by atoms with E-state index in [0.29, 0.717) is 0 Å². The molecule has 0 aromatic heterocycles. The van der Waals surface area contributed by atoms with Gasteiger partial charge >= 0.3 is 0 Å². The maximum absolute atomic E-state index is 6.15. The van der Waals surface area contributed by atoms with Gasteiger partial charge in [0, 0.05) is 6.54 Å². The van der Waals surface area contributed by atoms with E-state index in [9.17, 15) is 0 Å². The third-order valence-corrected chi connectivity index (χ3v) is 3.06. The lowest BCUT2D eigenvalue weighted by Gasteiger charge is -2.30. The molecule has 2 nitrogen and oxygen atoms in total. The summed E-state index contributed by atoms with van der Waals surface area (Å²) >= 11 is 0. The number of hydrogen-bond donors (Lipinski definition) is 1. The van der Waals surface area contributed by atoms with Crippen molar-refractivity contribution in [3.05, 3.63) is 29.3 Å². The quantitative estimate of drug-likeness (QED) is 0.815. The van der Waals surface area contributed by atoms with Crippen molar-refractivity contribution in [3.63, 3.8) is 0 Å². The van der Waals surface area contributed by atoms with Gasteiger partial charge in [-0.15, -0.1) is 0 Å². The molecule has 0 amide bonds. The molecule has 0 aliphatic rings. The molecule has 0 spiro atoms. The van der Waals surface area contributed by atoms with Gasteiger partial charge in [0.05, 0.1) is 0 Å². The Morgan fingerprint density at radius 3 is 2.18 bits per heavy atom. The predicted molar refractivity (Wildman–Crippen MR) is 73.8 cm³/mol. The van der Waals surface area contributed by atoms with Gasteiger partial charge in [-0.1, -0.05) is 19.9 Å². The number of benzene rings is 1. The first kappa shape index (κ1) is 14.0. The van der Waals surface area contributed by atoms with E-state index >= 15 is 0 Å². The first-order valence-electron chi connectivity index (χ1n) is 6.47. The minimum absolute atomic E-state index is 0.129. The van der Waals surface area contributed by atoms with Crippen molar-refractivity contribution >= 4 is 0 Å². The summed E-state index contributed by atoms with van der Waals surface area (Å²) in [6, 6.07) is 6.38. The average Bonchev–Trinajstić information content (AvgIpc) is 2.25. The Hall–Kier alpha value is -1.02. The fourth-order valence-electron chi connectivity index (χ4n) is 1.90. The van der Waals surface area contributed by atoms with Crippen molar-refractivity contribution < 1.29 is 4.74 Å². The van der Waals surface area contributed by atoms with Gasteiger partial charge in [0.2, 0.25) is 0 Å². The van der Waals surface area contributed by atoms with Crippen LogP contribution in [-0.2, 0) is 0 Å². The molecule has 0 saturated heterocycles. The lowest BCUT2D eigenvalue weighted by Crippen LogP contribution is -2.42. The first-order chi connectivity index (χ1) is 7.99. The van der Waals surface area contributed by atoms with Crippen LogP contribution in [0.25, 0.3) is 0 Å². The zero-order valence-electron chi connectivity index (χ0n) is 11.8. The van der Waals surface area contributed by atoms with Crippen molar-refractivity contribution in [2.75, 3.05) is 13.1 Å². The number of hydrogen-bond acceptors (Lipinski definition) is 2. The van der Waals surface area contributed by atoms with Crippen molar-refractivity contribution in [2.24, 2.45) is 0 Å². The van der Waals surface area contributed by atoms with Crippen LogP contribution in [0.3, 0.4) is 0 Å². The lowest BCUT2D eigenvalue weighted by atomic mass is 10.0. The van der Waals surface area contributed by atoms with Crippen LogP contribution in [0.5, 0.6) is 5.75 Å². The molecule has 96 valence electrons. The summed E-state index contributed by atoms with van der Waals surface area (Å²) in [6.07, 6.45) is 0.993. The number of nitrogens with one attached hydrogen (secondary N) is 1. The second kappa shape index (κ2) is 6.06. The summed E-state index contributed by atoms with van der Waals surface area (Å²) in [5.41, 5.74) is 2.37. The second-order valence-corrected chi connectivity index (χ2v) is 5.01. The van der Waals surface area contributed by atoms with Crippen molar-refractivity contribution in [3.8, 4) is 5.75 Å². The molecule has 0 aliphatic carbocycles. The molecule has 2 heteroatoms. The van der Waals surface area contributed by atoms with E-state index in [1.54, 1.807) is 0 Å². The van der Waals surface area contributed by atoms with E-state index in [2.05, 4.69) is 58.1 Å². The van der Waals surface area contributed by atoms with Crippen molar-refractivity contribution in [1.29, 1.82) is 0 Å². The van der Waals surface area contributed by atoms with Crippen LogP contribution in [0.4, 0.5) is 0 Å². The summed E-state index contributed by atoms with van der Waals surface area (Å²) < 4.78 is 6.15. The largest absolute Gasteiger partial charge is 0.486 e. The normalized spacial score (nSPS) is 14.4. The summed E-state index contributed by atoms with van der Waals surface area (Å²) in [6.45, 7) is 12.5. The second-order valence-electron chi connectivity index (χ2n) is 5.01. The van der Waals surface area contributed by atoms with Gasteiger partial charge in [-0.05, 0) is 57.0 Å². The molecule has 1 unspecified atom stereocenters. The van der Waals surface area contributed by atoms with E-state index in [-0.39, 0.29) is 5.60 Å². The van der Waals surface area contributed by atoms with Gasteiger partial charge in [-0.3, -0.25) is 0 Å². The molecule has 1 atom stereocenters. The lowest BCUT2D eigenvalue weighted by molar-refractivity contribution is 0.0841. The molecular formula is C15H25NO. The summed E-state index contributed by atoms with van der Waals surface area (Å²) in [5.74, 6) is 0.977. The Morgan fingerprint density at radius 2 is 1.71 bits per heavy atom. The number of aryl methyl sites for hydroxylation is 2. The minimum Gasteiger partial charge on any atom is -0.486 e. The molecule has 17 heavy (non-hydrogen) atoms. The molecule has 0 heterocycles. The molecular weight excluding hydrogens is 210 g/mol. The maximum atomic E-state index is 6.15. The zero-order chi connectivity index (χ0) is 12.9. The van der Waals surface area contributed by atoms with Gasteiger partial charge in [-0.2, -0.15) is 0 Å². The van der Waals surface area contributed by atoms with Crippen molar-refractivity contribution in [1.82, 2.24) is 5.32 Å². The van der Waals surface area contributed by atoms with E-state index in [1.165, 1.54) is 11.1 Å². The fraction of sp³-hybridized carbons (Fsp3) is 0.600. The van der Waals surface area contributed by atoms with Gasteiger partial charge < -0.3 is 10.1 Å². The molecule has 0 fully saturated rings. The smallest absolute Gasteiger partial charge is 0.120 e. The topological polar surface area (TPSA) is 21.3 Å². The average molecular weight is 235 g/mol. The Labute approximate surface area is 105 Å². The third-order valence-electron chi connectivity index (χ3n) is 3.06. The van der Waals surface area contributed by atoms with Crippen LogP contribution in [0.1, 0.15) is 38.3 Å². The Balaban J connectivity index is 2.79. The SMILES string of the molecule is CCNCC(C)(CC)Oc1cc(C)cc(C)c1. The molecule has 1 aromatic carbocycles. The fourth-order valence-corrected chi connectivity index (χ4v) is 1.90. The van der Waals surface area contributed by atoms with Crippen LogP contribution in [0, 0.1) is 13.8 Å². The molecule has 0 radical (unpaired) electrons. The van der Waals surface area contributed by atoms with Crippen LogP contribution >= 0.6 is 0 Å². The zero-order valence-corrected chi connectivity index (χ0v) is 11.8. The van der Waals surface area contributed by atoms with Crippen LogP contribution in [-0.4, -0.2) is 18.7 Å². The van der Waals surface area contributed by atoms with E-state index in [1.807, 2.05) is 0 Å². The number of ether oxygens (including phenoxy) is 1. The molecule has 1 N–H and O–H groups in total. The number of likely N-dealkylation sites (N-methyl/N-ethyl adjacent to an activating group) is 1. The Kier molecular flexibility index (Phi) is 5.01. The minimum atomic E-state index is -0.129. The third kappa shape index (κ3) is 4.39. The van der Waals surface area contributed by atoms with Crippen LogP contribution < -0.4 is 10.1 Å². The Morgan fingerprint density at radius 1 is 1.12 bits per heavy atom. The Bertz CT molecular complexity index is 342. The molecule has 1 aromatic rings. The summed E-state index contributed by atoms with van der Waals surface area (Å²) in [7, 11) is 0. The van der Waals surface area contributed by atoms with E-state index in [4.69, 9.17) is 4.74 Å². The van der Waals surface area contributed by atoms with Gasteiger partial charge in [0.15, 0.2) is 0 Å². The van der Waals surface area contributed by atoms with Crippen LogP contribution in [0.15, 0.2) is 18.2 Å². The van der Waals surface area contributed by atoms with Gasteiger partial charge in [-0.25, -0.2) is 0 Å². The monoisotopic (exact) mass is 235 g/mol. The highest BCUT2D eigenvalue weighted by Crippen LogP contribution is 2.23.